The highest BCUT2D eigenvalue weighted by Crippen LogP contribution is 2.24. The fraction of sp³-hybridized carbons (Fsp3) is 0.467. The Balaban J connectivity index is 2.06. The lowest BCUT2D eigenvalue weighted by Crippen LogP contribution is -2.37. The number of aromatic nitrogens is 2. The van der Waals surface area contributed by atoms with Crippen molar-refractivity contribution in [3.8, 4) is 17.1 Å². The molecule has 0 saturated heterocycles. The Morgan fingerprint density at radius 2 is 2.10 bits per heavy atom. The molecule has 0 saturated carbocycles. The Hall–Kier alpha value is -1.95. The average Bonchev–Trinajstić information content (AvgIpc) is 2.86. The molecule has 114 valence electrons. The first-order chi connectivity index (χ1) is 9.89. The zero-order valence-electron chi connectivity index (χ0n) is 12.7. The predicted molar refractivity (Wildman–Crippen MR) is 77.7 cm³/mol. The standard InChI is InChI=1S/C15H20FN3O2/c1-15(2,3)17-8-7-13-18-14(19-21-13)10-5-6-11(16)12(9-10)20-4/h5-6,9,17H,7-8H2,1-4H3. The molecule has 0 aliphatic heterocycles. The fourth-order valence-corrected chi connectivity index (χ4v) is 1.82. The van der Waals surface area contributed by atoms with E-state index in [1.807, 2.05) is 0 Å². The largest absolute Gasteiger partial charge is 0.494 e. The van der Waals surface area contributed by atoms with E-state index in [1.54, 1.807) is 12.1 Å². The average molecular weight is 293 g/mol. The van der Waals surface area contributed by atoms with Crippen LogP contribution in [0.2, 0.25) is 0 Å². The van der Waals surface area contributed by atoms with E-state index in [-0.39, 0.29) is 11.3 Å². The van der Waals surface area contributed by atoms with Gasteiger partial charge in [-0.3, -0.25) is 0 Å². The van der Waals surface area contributed by atoms with Crippen molar-refractivity contribution in [3.63, 3.8) is 0 Å². The Labute approximate surface area is 123 Å². The van der Waals surface area contributed by atoms with Crippen molar-refractivity contribution in [2.75, 3.05) is 13.7 Å². The number of benzene rings is 1. The molecule has 2 rings (SSSR count). The van der Waals surface area contributed by atoms with Crippen molar-refractivity contribution in [2.45, 2.75) is 32.7 Å². The van der Waals surface area contributed by atoms with E-state index in [1.165, 1.54) is 13.2 Å². The second-order valence-electron chi connectivity index (χ2n) is 5.79. The number of nitrogens with zero attached hydrogens (tertiary/aromatic N) is 2. The second-order valence-corrected chi connectivity index (χ2v) is 5.79. The minimum atomic E-state index is -0.417. The minimum Gasteiger partial charge on any atom is -0.494 e. The van der Waals surface area contributed by atoms with Crippen LogP contribution in [0, 0.1) is 5.82 Å². The maximum Gasteiger partial charge on any atom is 0.228 e. The Kier molecular flexibility index (Phi) is 4.57. The highest BCUT2D eigenvalue weighted by Gasteiger charge is 2.13. The van der Waals surface area contributed by atoms with Gasteiger partial charge in [0.1, 0.15) is 0 Å². The van der Waals surface area contributed by atoms with Crippen LogP contribution in [0.25, 0.3) is 11.4 Å². The molecule has 1 aromatic carbocycles. The Morgan fingerprint density at radius 3 is 2.76 bits per heavy atom. The fourth-order valence-electron chi connectivity index (χ4n) is 1.82. The van der Waals surface area contributed by atoms with Crippen LogP contribution in [0.4, 0.5) is 4.39 Å². The van der Waals surface area contributed by atoms with Crippen LogP contribution in [0.5, 0.6) is 5.75 Å². The van der Waals surface area contributed by atoms with Gasteiger partial charge in [-0.25, -0.2) is 4.39 Å². The van der Waals surface area contributed by atoms with Crippen molar-refractivity contribution in [3.05, 3.63) is 29.9 Å². The van der Waals surface area contributed by atoms with Gasteiger partial charge < -0.3 is 14.6 Å². The minimum absolute atomic E-state index is 0.0488. The maximum atomic E-state index is 13.4. The molecule has 1 aromatic heterocycles. The van der Waals surface area contributed by atoms with Gasteiger partial charge in [-0.05, 0) is 39.0 Å². The molecule has 0 spiro atoms. The molecule has 21 heavy (non-hydrogen) atoms. The number of nitrogens with one attached hydrogen (secondary N) is 1. The van der Waals surface area contributed by atoms with E-state index in [2.05, 4.69) is 36.2 Å². The van der Waals surface area contributed by atoms with Crippen molar-refractivity contribution < 1.29 is 13.7 Å². The number of methoxy groups -OCH3 is 1. The van der Waals surface area contributed by atoms with Gasteiger partial charge in [0, 0.05) is 24.1 Å². The van der Waals surface area contributed by atoms with Gasteiger partial charge in [0.25, 0.3) is 0 Å². The van der Waals surface area contributed by atoms with Crippen LogP contribution in [0.15, 0.2) is 22.7 Å². The van der Waals surface area contributed by atoms with Crippen molar-refractivity contribution in [2.24, 2.45) is 0 Å². The lowest BCUT2D eigenvalue weighted by atomic mass is 10.1. The van der Waals surface area contributed by atoms with Crippen molar-refractivity contribution in [1.29, 1.82) is 0 Å². The molecule has 1 N–H and O–H groups in total. The van der Waals surface area contributed by atoms with Crippen LogP contribution in [0.1, 0.15) is 26.7 Å². The third-order valence-electron chi connectivity index (χ3n) is 2.87. The van der Waals surface area contributed by atoms with Crippen LogP contribution in [-0.2, 0) is 6.42 Å². The van der Waals surface area contributed by atoms with E-state index >= 15 is 0 Å². The molecule has 6 heteroatoms. The molecule has 0 aliphatic rings. The number of hydrogen-bond donors (Lipinski definition) is 1. The molecule has 5 nitrogen and oxygen atoms in total. The summed E-state index contributed by atoms with van der Waals surface area (Å²) in [6.45, 7) is 7.03. The van der Waals surface area contributed by atoms with Gasteiger partial charge in [0.15, 0.2) is 11.6 Å². The summed E-state index contributed by atoms with van der Waals surface area (Å²) in [5.41, 5.74) is 0.708. The van der Waals surface area contributed by atoms with E-state index in [0.717, 1.165) is 6.54 Å². The summed E-state index contributed by atoms with van der Waals surface area (Å²) in [7, 11) is 1.42. The summed E-state index contributed by atoms with van der Waals surface area (Å²) in [4.78, 5) is 4.31. The quantitative estimate of drug-likeness (QED) is 0.918. The summed E-state index contributed by atoms with van der Waals surface area (Å²) in [5, 5.41) is 7.26. The Bertz CT molecular complexity index is 605. The molecule has 0 fully saturated rings. The van der Waals surface area contributed by atoms with Gasteiger partial charge in [0.2, 0.25) is 11.7 Å². The molecule has 1 heterocycles. The van der Waals surface area contributed by atoms with E-state index in [0.29, 0.717) is 23.7 Å². The lowest BCUT2D eigenvalue weighted by Gasteiger charge is -2.19. The monoisotopic (exact) mass is 293 g/mol. The molecule has 0 bridgehead atoms. The summed E-state index contributed by atoms with van der Waals surface area (Å²) >= 11 is 0. The first-order valence-corrected chi connectivity index (χ1v) is 6.80. The molecule has 2 aromatic rings. The van der Waals surface area contributed by atoms with E-state index in [4.69, 9.17) is 9.26 Å². The molecule has 0 unspecified atom stereocenters. The predicted octanol–water partition coefficient (Wildman–Crippen LogP) is 2.81. The van der Waals surface area contributed by atoms with Gasteiger partial charge >= 0.3 is 0 Å². The third-order valence-corrected chi connectivity index (χ3v) is 2.87. The first-order valence-electron chi connectivity index (χ1n) is 6.80. The SMILES string of the molecule is COc1cc(-c2noc(CCNC(C)(C)C)n2)ccc1F. The lowest BCUT2D eigenvalue weighted by molar-refractivity contribution is 0.362. The normalized spacial score (nSPS) is 11.7. The number of hydrogen-bond acceptors (Lipinski definition) is 5. The number of rotatable bonds is 5. The van der Waals surface area contributed by atoms with Crippen LogP contribution in [0.3, 0.4) is 0 Å². The zero-order valence-corrected chi connectivity index (χ0v) is 12.7. The maximum absolute atomic E-state index is 13.4. The molecule has 0 amide bonds. The summed E-state index contributed by atoms with van der Waals surface area (Å²) in [5.74, 6) is 0.719. The van der Waals surface area contributed by atoms with Gasteiger partial charge in [-0.15, -0.1) is 0 Å². The van der Waals surface area contributed by atoms with Crippen LogP contribution >= 0.6 is 0 Å². The van der Waals surface area contributed by atoms with Gasteiger partial charge in [0.05, 0.1) is 7.11 Å². The molecular formula is C15H20FN3O2. The topological polar surface area (TPSA) is 60.2 Å². The Morgan fingerprint density at radius 1 is 1.33 bits per heavy atom. The second kappa shape index (κ2) is 6.22. The molecule has 0 radical (unpaired) electrons. The zero-order chi connectivity index (χ0) is 15.5. The summed E-state index contributed by atoms with van der Waals surface area (Å²) < 4.78 is 23.5. The number of halogens is 1. The van der Waals surface area contributed by atoms with E-state index < -0.39 is 5.82 Å². The first kappa shape index (κ1) is 15.4. The van der Waals surface area contributed by atoms with Crippen molar-refractivity contribution >= 4 is 0 Å². The highest BCUT2D eigenvalue weighted by molar-refractivity contribution is 5.57. The summed E-state index contributed by atoms with van der Waals surface area (Å²) in [6.07, 6.45) is 0.641. The molecule has 0 atom stereocenters. The van der Waals surface area contributed by atoms with Crippen LogP contribution in [-0.4, -0.2) is 29.3 Å². The smallest absolute Gasteiger partial charge is 0.228 e. The van der Waals surface area contributed by atoms with E-state index in [9.17, 15) is 4.39 Å². The molecule has 0 aliphatic carbocycles. The van der Waals surface area contributed by atoms with Crippen molar-refractivity contribution in [1.82, 2.24) is 15.5 Å². The number of ether oxygens (including phenoxy) is 1. The van der Waals surface area contributed by atoms with Gasteiger partial charge in [-0.2, -0.15) is 4.98 Å². The third kappa shape index (κ3) is 4.26. The molecular weight excluding hydrogens is 273 g/mol. The summed E-state index contributed by atoms with van der Waals surface area (Å²) in [6, 6.07) is 4.47. The van der Waals surface area contributed by atoms with Crippen LogP contribution < -0.4 is 10.1 Å². The highest BCUT2D eigenvalue weighted by atomic mass is 19.1. The van der Waals surface area contributed by atoms with Gasteiger partial charge in [-0.1, -0.05) is 5.16 Å².